The van der Waals surface area contributed by atoms with Crippen molar-refractivity contribution < 1.29 is 14.3 Å². The van der Waals surface area contributed by atoms with Crippen LogP contribution in [0.2, 0.25) is 0 Å². The highest BCUT2D eigenvalue weighted by Gasteiger charge is 2.39. The van der Waals surface area contributed by atoms with Gasteiger partial charge in [-0.15, -0.1) is 11.3 Å². The van der Waals surface area contributed by atoms with Gasteiger partial charge in [0.1, 0.15) is 5.75 Å². The molecule has 144 valence electrons. The van der Waals surface area contributed by atoms with Crippen LogP contribution in [0.25, 0.3) is 0 Å². The molecule has 3 rings (SSSR count). The number of nitrogens with zero attached hydrogens (tertiary/aromatic N) is 1. The molecule has 5 nitrogen and oxygen atoms in total. The van der Waals surface area contributed by atoms with Crippen LogP contribution in [0, 0.1) is 5.41 Å². The lowest BCUT2D eigenvalue weighted by molar-refractivity contribution is -0.140. The summed E-state index contributed by atoms with van der Waals surface area (Å²) < 4.78 is 5.23. The van der Waals surface area contributed by atoms with Crippen LogP contribution >= 0.6 is 11.3 Å². The van der Waals surface area contributed by atoms with Gasteiger partial charge in [0.05, 0.1) is 18.9 Å². The van der Waals surface area contributed by atoms with Crippen LogP contribution in [0.15, 0.2) is 41.8 Å². The Kier molecular flexibility index (Phi) is 6.16. The average Bonchev–Trinajstić information content (AvgIpc) is 3.19. The van der Waals surface area contributed by atoms with E-state index in [-0.39, 0.29) is 11.8 Å². The van der Waals surface area contributed by atoms with Crippen LogP contribution in [0.5, 0.6) is 5.75 Å². The number of hydrogen-bond donors (Lipinski definition) is 1. The highest BCUT2D eigenvalue weighted by atomic mass is 32.1. The molecule has 0 saturated carbocycles. The van der Waals surface area contributed by atoms with Crippen LogP contribution in [-0.2, 0) is 22.6 Å². The van der Waals surface area contributed by atoms with Crippen molar-refractivity contribution in [3.8, 4) is 5.75 Å². The Labute approximate surface area is 164 Å². The molecule has 1 fully saturated rings. The van der Waals surface area contributed by atoms with Gasteiger partial charge in [-0.2, -0.15) is 0 Å². The predicted molar refractivity (Wildman–Crippen MR) is 107 cm³/mol. The molecule has 0 radical (unpaired) electrons. The first-order valence-electron chi connectivity index (χ1n) is 9.21. The minimum atomic E-state index is -0.553. The molecular weight excluding hydrogens is 360 g/mol. The minimum absolute atomic E-state index is 0.000978. The van der Waals surface area contributed by atoms with Gasteiger partial charge in [0.25, 0.3) is 0 Å². The summed E-state index contributed by atoms with van der Waals surface area (Å²) in [5.41, 5.74) is 0.440. The highest BCUT2D eigenvalue weighted by molar-refractivity contribution is 7.10. The van der Waals surface area contributed by atoms with Crippen molar-refractivity contribution in [2.45, 2.75) is 32.7 Å². The summed E-state index contributed by atoms with van der Waals surface area (Å²) in [5, 5.41) is 5.02. The molecule has 6 heteroatoms. The quantitative estimate of drug-likeness (QED) is 0.829. The molecule has 1 aromatic heterocycles. The Hall–Kier alpha value is -2.34. The van der Waals surface area contributed by atoms with Crippen LogP contribution in [0.3, 0.4) is 0 Å². The van der Waals surface area contributed by atoms with Crippen LogP contribution in [0.1, 0.15) is 30.2 Å². The van der Waals surface area contributed by atoms with Crippen LogP contribution in [-0.4, -0.2) is 36.9 Å². The smallest absolute Gasteiger partial charge is 0.227 e. The Morgan fingerprint density at radius 3 is 2.89 bits per heavy atom. The molecule has 2 heterocycles. The molecule has 1 aromatic carbocycles. The van der Waals surface area contributed by atoms with E-state index in [2.05, 4.69) is 5.32 Å². The molecule has 1 aliphatic rings. The molecule has 2 amide bonds. The van der Waals surface area contributed by atoms with E-state index in [0.717, 1.165) is 35.6 Å². The van der Waals surface area contributed by atoms with Crippen molar-refractivity contribution in [2.75, 3.05) is 20.2 Å². The number of piperidine rings is 1. The van der Waals surface area contributed by atoms with E-state index in [9.17, 15) is 9.59 Å². The number of carbonyl (C=O) groups is 2. The second-order valence-corrected chi connectivity index (χ2v) is 8.30. The molecule has 2 aromatic rings. The summed E-state index contributed by atoms with van der Waals surface area (Å²) in [6.07, 6.45) is 2.05. The number of carbonyl (C=O) groups excluding carboxylic acids is 2. The fourth-order valence-corrected chi connectivity index (χ4v) is 4.19. The topological polar surface area (TPSA) is 58.6 Å². The highest BCUT2D eigenvalue weighted by Crippen LogP contribution is 2.30. The Morgan fingerprint density at radius 2 is 2.15 bits per heavy atom. The molecule has 1 atom stereocenters. The standard InChI is InChI=1S/C21H26N2O3S/c1-21(20(25)22-14-16-6-3-7-17(12-16)26-2)9-5-10-23(15-21)19(24)13-18-8-4-11-27-18/h3-4,6-8,11-12H,5,9-10,13-15H2,1-2H3,(H,22,25). The van der Waals surface area contributed by atoms with Gasteiger partial charge in [0.2, 0.25) is 11.8 Å². The van der Waals surface area contributed by atoms with Gasteiger partial charge < -0.3 is 15.0 Å². The van der Waals surface area contributed by atoms with Crippen molar-refractivity contribution >= 4 is 23.2 Å². The maximum absolute atomic E-state index is 12.9. The number of methoxy groups -OCH3 is 1. The first-order chi connectivity index (χ1) is 13.0. The fourth-order valence-electron chi connectivity index (χ4n) is 3.49. The fraction of sp³-hybridized carbons (Fsp3) is 0.429. The summed E-state index contributed by atoms with van der Waals surface area (Å²) in [4.78, 5) is 28.4. The molecule has 1 saturated heterocycles. The van der Waals surface area contributed by atoms with Gasteiger partial charge in [-0.25, -0.2) is 0 Å². The van der Waals surface area contributed by atoms with Crippen molar-refractivity contribution in [3.63, 3.8) is 0 Å². The van der Waals surface area contributed by atoms with Gasteiger partial charge >= 0.3 is 0 Å². The average molecular weight is 387 g/mol. The van der Waals surface area contributed by atoms with Crippen LogP contribution in [0.4, 0.5) is 0 Å². The zero-order chi connectivity index (χ0) is 19.3. The molecule has 0 spiro atoms. The van der Waals surface area contributed by atoms with Crippen molar-refractivity contribution in [1.29, 1.82) is 0 Å². The number of amides is 2. The number of thiophene rings is 1. The van der Waals surface area contributed by atoms with Crippen LogP contribution < -0.4 is 10.1 Å². The maximum atomic E-state index is 12.9. The van der Waals surface area contributed by atoms with Gasteiger partial charge in [0.15, 0.2) is 0 Å². The first-order valence-corrected chi connectivity index (χ1v) is 10.1. The summed E-state index contributed by atoms with van der Waals surface area (Å²) in [6, 6.07) is 11.6. The third-order valence-electron chi connectivity index (χ3n) is 5.09. The number of benzene rings is 1. The Morgan fingerprint density at radius 1 is 1.30 bits per heavy atom. The second-order valence-electron chi connectivity index (χ2n) is 7.27. The van der Waals surface area contributed by atoms with E-state index in [1.165, 1.54) is 0 Å². The number of nitrogens with one attached hydrogen (secondary N) is 1. The van der Waals surface area contributed by atoms with E-state index in [1.807, 2.05) is 53.6 Å². The zero-order valence-corrected chi connectivity index (χ0v) is 16.7. The summed E-state index contributed by atoms with van der Waals surface area (Å²) >= 11 is 1.59. The molecule has 0 aliphatic carbocycles. The normalized spacial score (nSPS) is 19.6. The van der Waals surface area contributed by atoms with Crippen molar-refractivity contribution in [2.24, 2.45) is 5.41 Å². The van der Waals surface area contributed by atoms with E-state index >= 15 is 0 Å². The second kappa shape index (κ2) is 8.57. The number of likely N-dealkylation sites (tertiary alicyclic amines) is 1. The maximum Gasteiger partial charge on any atom is 0.227 e. The molecule has 1 aliphatic heterocycles. The minimum Gasteiger partial charge on any atom is -0.497 e. The lowest BCUT2D eigenvalue weighted by Gasteiger charge is -2.39. The Balaban J connectivity index is 1.58. The molecular formula is C21H26N2O3S. The monoisotopic (exact) mass is 386 g/mol. The molecule has 1 unspecified atom stereocenters. The number of hydrogen-bond acceptors (Lipinski definition) is 4. The van der Waals surface area contributed by atoms with Gasteiger partial charge in [0, 0.05) is 24.5 Å². The Bertz CT molecular complexity index is 790. The number of rotatable bonds is 6. The van der Waals surface area contributed by atoms with Crippen molar-refractivity contribution in [1.82, 2.24) is 10.2 Å². The third kappa shape index (κ3) is 4.89. The van der Waals surface area contributed by atoms with E-state index < -0.39 is 5.41 Å². The van der Waals surface area contributed by atoms with E-state index in [0.29, 0.717) is 19.5 Å². The zero-order valence-electron chi connectivity index (χ0n) is 15.9. The summed E-state index contributed by atoms with van der Waals surface area (Å²) in [7, 11) is 1.63. The van der Waals surface area contributed by atoms with E-state index in [4.69, 9.17) is 4.74 Å². The largest absolute Gasteiger partial charge is 0.497 e. The summed E-state index contributed by atoms with van der Waals surface area (Å²) in [6.45, 7) is 3.61. The SMILES string of the molecule is COc1cccc(CNC(=O)C2(C)CCCN(C(=O)Cc3cccs3)C2)c1. The summed E-state index contributed by atoms with van der Waals surface area (Å²) in [5.74, 6) is 0.874. The third-order valence-corrected chi connectivity index (χ3v) is 5.97. The van der Waals surface area contributed by atoms with E-state index in [1.54, 1.807) is 18.4 Å². The molecule has 27 heavy (non-hydrogen) atoms. The van der Waals surface area contributed by atoms with Gasteiger partial charge in [-0.05, 0) is 48.9 Å². The van der Waals surface area contributed by atoms with Gasteiger partial charge in [-0.1, -0.05) is 18.2 Å². The van der Waals surface area contributed by atoms with Gasteiger partial charge in [-0.3, -0.25) is 9.59 Å². The molecule has 0 bridgehead atoms. The molecule has 1 N–H and O–H groups in total. The lowest BCUT2D eigenvalue weighted by atomic mass is 9.80. The predicted octanol–water partition coefficient (Wildman–Crippen LogP) is 3.24. The van der Waals surface area contributed by atoms with Crippen molar-refractivity contribution in [3.05, 3.63) is 52.2 Å². The lowest BCUT2D eigenvalue weighted by Crippen LogP contribution is -2.52. The first kappa shape index (κ1) is 19.4. The number of ether oxygens (including phenoxy) is 1.